The third kappa shape index (κ3) is 5.39. The van der Waals surface area contributed by atoms with Crippen LogP contribution < -0.4 is 0 Å². The first-order valence-electron chi connectivity index (χ1n) is 9.98. The summed E-state index contributed by atoms with van der Waals surface area (Å²) in [5.74, 6) is -0.220. The van der Waals surface area contributed by atoms with Crippen molar-refractivity contribution in [3.63, 3.8) is 0 Å². The minimum absolute atomic E-state index is 0.0765. The van der Waals surface area contributed by atoms with Crippen LogP contribution in [0.3, 0.4) is 0 Å². The maximum absolute atomic E-state index is 14.0. The molecule has 1 heterocycles. The zero-order valence-electron chi connectivity index (χ0n) is 17.1. The van der Waals surface area contributed by atoms with Gasteiger partial charge in [-0.05, 0) is 31.0 Å². The van der Waals surface area contributed by atoms with Gasteiger partial charge < -0.3 is 4.90 Å². The molecule has 0 radical (unpaired) electrons. The molecule has 0 saturated heterocycles. The van der Waals surface area contributed by atoms with Gasteiger partial charge in [0, 0.05) is 37.4 Å². The summed E-state index contributed by atoms with van der Waals surface area (Å²) in [6.07, 6.45) is 3.19. The van der Waals surface area contributed by atoms with E-state index in [9.17, 15) is 17.6 Å². The monoisotopic (exact) mass is 451 g/mol. The Morgan fingerprint density at radius 2 is 1.87 bits per heavy atom. The Labute approximate surface area is 181 Å². The molecule has 162 valence electrons. The smallest absolute Gasteiger partial charge is 0.244 e. The lowest BCUT2D eigenvalue weighted by atomic mass is 10.2. The Bertz CT molecular complexity index is 975. The van der Waals surface area contributed by atoms with Crippen molar-refractivity contribution >= 4 is 27.7 Å². The number of hydrogen-bond acceptors (Lipinski definition) is 5. The van der Waals surface area contributed by atoms with Crippen LogP contribution in [0.15, 0.2) is 52.5 Å². The molecule has 1 saturated carbocycles. The molecule has 1 aromatic carbocycles. The van der Waals surface area contributed by atoms with E-state index in [1.54, 1.807) is 43.0 Å². The fourth-order valence-electron chi connectivity index (χ4n) is 3.15. The van der Waals surface area contributed by atoms with Gasteiger partial charge in [-0.25, -0.2) is 17.8 Å². The van der Waals surface area contributed by atoms with Gasteiger partial charge in [0.05, 0.1) is 10.8 Å². The van der Waals surface area contributed by atoms with Gasteiger partial charge in [-0.15, -0.1) is 0 Å². The van der Waals surface area contributed by atoms with E-state index in [2.05, 4.69) is 4.98 Å². The maximum atomic E-state index is 14.0. The molecule has 1 aromatic heterocycles. The molecule has 1 fully saturated rings. The van der Waals surface area contributed by atoms with Crippen LogP contribution in [-0.2, 0) is 21.4 Å². The minimum Gasteiger partial charge on any atom is -0.335 e. The molecule has 0 atom stereocenters. The molecule has 30 heavy (non-hydrogen) atoms. The number of carbonyl (C=O) groups excluding carboxylic acids is 1. The molecule has 2 aromatic rings. The standard InChI is InChI=1S/C21H26FN3O3S2/c1-3-24(4-2)30(27,28)18-11-12-20(23-13-18)29-15-21(26)25(17-9-10-17)14-16-7-5-6-8-19(16)22/h5-8,11-13,17H,3-4,9-10,14-15H2,1-2H3. The SMILES string of the molecule is CCN(CC)S(=O)(=O)c1ccc(SCC(=O)N(Cc2ccccc2F)C2CC2)nc1. The van der Waals surface area contributed by atoms with Crippen LogP contribution in [0.4, 0.5) is 4.39 Å². The van der Waals surface area contributed by atoms with Crippen molar-refractivity contribution in [1.29, 1.82) is 0 Å². The van der Waals surface area contributed by atoms with Crippen LogP contribution >= 0.6 is 11.8 Å². The highest BCUT2D eigenvalue weighted by molar-refractivity contribution is 7.99. The van der Waals surface area contributed by atoms with E-state index < -0.39 is 10.0 Å². The minimum atomic E-state index is -3.55. The second kappa shape index (κ2) is 9.89. The van der Waals surface area contributed by atoms with E-state index in [4.69, 9.17) is 0 Å². The number of nitrogens with zero attached hydrogens (tertiary/aromatic N) is 3. The van der Waals surface area contributed by atoms with Crippen LogP contribution in [0.5, 0.6) is 0 Å². The third-order valence-electron chi connectivity index (χ3n) is 5.00. The molecule has 9 heteroatoms. The van der Waals surface area contributed by atoms with Gasteiger partial charge in [-0.2, -0.15) is 4.31 Å². The molecule has 1 amide bonds. The lowest BCUT2D eigenvalue weighted by Crippen LogP contribution is -2.34. The number of sulfonamides is 1. The molecule has 6 nitrogen and oxygen atoms in total. The van der Waals surface area contributed by atoms with Crippen LogP contribution in [0.1, 0.15) is 32.3 Å². The molecule has 0 aliphatic heterocycles. The fraction of sp³-hybridized carbons (Fsp3) is 0.429. The van der Waals surface area contributed by atoms with Gasteiger partial charge in [-0.3, -0.25) is 4.79 Å². The Balaban J connectivity index is 1.63. The Kier molecular flexibility index (Phi) is 7.49. The highest BCUT2D eigenvalue weighted by Gasteiger charge is 2.33. The Morgan fingerprint density at radius 1 is 1.17 bits per heavy atom. The average Bonchev–Trinajstić information content (AvgIpc) is 3.57. The van der Waals surface area contributed by atoms with Crippen LogP contribution in [0, 0.1) is 5.82 Å². The second-order valence-electron chi connectivity index (χ2n) is 7.05. The molecule has 0 N–H and O–H groups in total. The van der Waals surface area contributed by atoms with Crippen molar-refractivity contribution in [2.75, 3.05) is 18.8 Å². The summed E-state index contributed by atoms with van der Waals surface area (Å²) in [5, 5.41) is 0.573. The van der Waals surface area contributed by atoms with E-state index in [1.807, 2.05) is 0 Å². The van der Waals surface area contributed by atoms with Gasteiger partial charge in [0.2, 0.25) is 15.9 Å². The summed E-state index contributed by atoms with van der Waals surface area (Å²) in [7, 11) is -3.55. The van der Waals surface area contributed by atoms with Gasteiger partial charge >= 0.3 is 0 Å². The quantitative estimate of drug-likeness (QED) is 0.517. The van der Waals surface area contributed by atoms with E-state index in [1.165, 1.54) is 34.4 Å². The second-order valence-corrected chi connectivity index (χ2v) is 9.99. The van der Waals surface area contributed by atoms with Crippen LogP contribution in [0.2, 0.25) is 0 Å². The lowest BCUT2D eigenvalue weighted by Gasteiger charge is -2.22. The fourth-order valence-corrected chi connectivity index (χ4v) is 5.29. The lowest BCUT2D eigenvalue weighted by molar-refractivity contribution is -0.129. The number of amides is 1. The predicted molar refractivity (Wildman–Crippen MR) is 115 cm³/mol. The maximum Gasteiger partial charge on any atom is 0.244 e. The summed E-state index contributed by atoms with van der Waals surface area (Å²) in [6, 6.07) is 9.79. The summed E-state index contributed by atoms with van der Waals surface area (Å²) < 4.78 is 40.4. The van der Waals surface area contributed by atoms with Crippen LogP contribution in [0.25, 0.3) is 0 Å². The molecular weight excluding hydrogens is 425 g/mol. The highest BCUT2D eigenvalue weighted by Crippen LogP contribution is 2.30. The van der Waals surface area contributed by atoms with Crippen molar-refractivity contribution in [3.8, 4) is 0 Å². The summed E-state index contributed by atoms with van der Waals surface area (Å²) >= 11 is 1.25. The first-order valence-corrected chi connectivity index (χ1v) is 12.4. The molecule has 0 unspecified atom stereocenters. The predicted octanol–water partition coefficient (Wildman–Crippen LogP) is 3.53. The topological polar surface area (TPSA) is 70.6 Å². The molecule has 0 bridgehead atoms. The van der Waals surface area contributed by atoms with E-state index in [0.717, 1.165) is 12.8 Å². The first kappa shape index (κ1) is 22.7. The number of benzene rings is 1. The van der Waals surface area contributed by atoms with E-state index in [0.29, 0.717) is 23.7 Å². The number of pyridine rings is 1. The molecule has 3 rings (SSSR count). The van der Waals surface area contributed by atoms with Crippen molar-refractivity contribution in [3.05, 3.63) is 54.0 Å². The molecule has 1 aliphatic carbocycles. The van der Waals surface area contributed by atoms with Gasteiger partial charge in [0.15, 0.2) is 0 Å². The number of aromatic nitrogens is 1. The van der Waals surface area contributed by atoms with Crippen molar-refractivity contribution in [2.45, 2.75) is 49.2 Å². The number of thioether (sulfide) groups is 1. The first-order chi connectivity index (χ1) is 14.4. The van der Waals surface area contributed by atoms with Crippen molar-refractivity contribution < 1.29 is 17.6 Å². The highest BCUT2D eigenvalue weighted by atomic mass is 32.2. The number of carbonyl (C=O) groups is 1. The number of hydrogen-bond donors (Lipinski definition) is 0. The molecule has 1 aliphatic rings. The van der Waals surface area contributed by atoms with Crippen molar-refractivity contribution in [1.82, 2.24) is 14.2 Å². The molecule has 0 spiro atoms. The largest absolute Gasteiger partial charge is 0.335 e. The normalized spacial score (nSPS) is 14.1. The number of halogens is 1. The van der Waals surface area contributed by atoms with Crippen molar-refractivity contribution in [2.24, 2.45) is 0 Å². The average molecular weight is 452 g/mol. The number of rotatable bonds is 10. The Morgan fingerprint density at radius 3 is 2.43 bits per heavy atom. The van der Waals surface area contributed by atoms with Gasteiger partial charge in [0.25, 0.3) is 0 Å². The summed E-state index contributed by atoms with van der Waals surface area (Å²) in [6.45, 7) is 4.62. The third-order valence-corrected chi connectivity index (χ3v) is 7.96. The summed E-state index contributed by atoms with van der Waals surface area (Å²) in [5.41, 5.74) is 0.506. The van der Waals surface area contributed by atoms with Crippen LogP contribution in [-0.4, -0.2) is 53.4 Å². The zero-order valence-corrected chi connectivity index (χ0v) is 18.8. The van der Waals surface area contributed by atoms with Gasteiger partial charge in [-0.1, -0.05) is 43.8 Å². The Hall–Kier alpha value is -1.97. The summed E-state index contributed by atoms with van der Waals surface area (Å²) in [4.78, 5) is 18.8. The van der Waals surface area contributed by atoms with Gasteiger partial charge in [0.1, 0.15) is 10.7 Å². The van der Waals surface area contributed by atoms with E-state index in [-0.39, 0.29) is 35.0 Å². The zero-order chi connectivity index (χ0) is 21.7. The van der Waals surface area contributed by atoms with E-state index >= 15 is 0 Å². The molecular formula is C21H26FN3O3S2.